The Hall–Kier alpha value is -2.68. The molecule has 0 bridgehead atoms. The van der Waals surface area contributed by atoms with Gasteiger partial charge >= 0.3 is 0 Å². The maximum atomic E-state index is 12.4. The van der Waals surface area contributed by atoms with Gasteiger partial charge in [-0.05, 0) is 13.0 Å². The summed E-state index contributed by atoms with van der Waals surface area (Å²) in [6.07, 6.45) is 0. The Morgan fingerprint density at radius 1 is 1.07 bits per heavy atom. The van der Waals surface area contributed by atoms with E-state index in [1.54, 1.807) is 33.2 Å². The molecule has 0 saturated carbocycles. The number of hydrogen-bond acceptors (Lipinski definition) is 6. The monoisotopic (exact) mass is 379 g/mol. The summed E-state index contributed by atoms with van der Waals surface area (Å²) in [4.78, 5) is 20.4. The third-order valence-corrected chi connectivity index (χ3v) is 4.56. The van der Waals surface area contributed by atoms with Crippen LogP contribution >= 0.6 is 0 Å². The zero-order chi connectivity index (χ0) is 20.0. The normalized spacial score (nSPS) is 15.8. The van der Waals surface area contributed by atoms with Gasteiger partial charge in [0, 0.05) is 38.3 Å². The fraction of sp³-hybridized carbons (Fsp3) is 0.556. The number of nitrogens with two attached hydrogens (primary N) is 2. The van der Waals surface area contributed by atoms with E-state index < -0.39 is 6.04 Å². The van der Waals surface area contributed by atoms with Crippen LogP contribution in [0.15, 0.2) is 17.1 Å². The molecule has 27 heavy (non-hydrogen) atoms. The van der Waals surface area contributed by atoms with Gasteiger partial charge in [-0.2, -0.15) is 0 Å². The van der Waals surface area contributed by atoms with Crippen molar-refractivity contribution in [3.05, 3.63) is 17.7 Å². The summed E-state index contributed by atoms with van der Waals surface area (Å²) in [6.45, 7) is 5.13. The second-order valence-electron chi connectivity index (χ2n) is 6.32. The molecule has 1 atom stereocenters. The van der Waals surface area contributed by atoms with Crippen LogP contribution in [-0.4, -0.2) is 75.2 Å². The average Bonchev–Trinajstić information content (AvgIpc) is 2.66. The van der Waals surface area contributed by atoms with Gasteiger partial charge in [0.25, 0.3) is 0 Å². The summed E-state index contributed by atoms with van der Waals surface area (Å²) < 4.78 is 16.3. The molecule has 1 aliphatic heterocycles. The Balaban J connectivity index is 2.02. The van der Waals surface area contributed by atoms with Crippen LogP contribution in [0.1, 0.15) is 12.5 Å². The fourth-order valence-corrected chi connectivity index (χ4v) is 3.20. The van der Waals surface area contributed by atoms with Gasteiger partial charge in [0.05, 0.1) is 21.3 Å². The first-order valence-corrected chi connectivity index (χ1v) is 8.79. The van der Waals surface area contributed by atoms with Crippen molar-refractivity contribution in [1.29, 1.82) is 0 Å². The van der Waals surface area contributed by atoms with Gasteiger partial charge in [0.15, 0.2) is 17.5 Å². The SMILES string of the molecule is COc1ccc(CN2CCN(C(=O)C(C)N=C(N)N)CC2)c(OC)c1OC. The van der Waals surface area contributed by atoms with Crippen LogP contribution in [0.3, 0.4) is 0 Å². The number of benzene rings is 1. The molecule has 1 fully saturated rings. The van der Waals surface area contributed by atoms with E-state index in [0.29, 0.717) is 36.9 Å². The molecule has 0 spiro atoms. The van der Waals surface area contributed by atoms with E-state index >= 15 is 0 Å². The Kier molecular flexibility index (Phi) is 7.12. The van der Waals surface area contributed by atoms with Crippen LogP contribution in [-0.2, 0) is 11.3 Å². The molecular weight excluding hydrogens is 350 g/mol. The zero-order valence-electron chi connectivity index (χ0n) is 16.4. The number of carbonyl (C=O) groups excluding carboxylic acids is 1. The standard InChI is InChI=1S/C18H29N5O4/c1-12(21-18(19)20)17(24)23-9-7-22(8-10-23)11-13-5-6-14(25-2)16(27-4)15(13)26-3/h5-6,12H,7-11H2,1-4H3,(H4,19,20,21). The molecular formula is C18H29N5O4. The Morgan fingerprint density at radius 3 is 2.22 bits per heavy atom. The van der Waals surface area contributed by atoms with Crippen molar-refractivity contribution < 1.29 is 19.0 Å². The van der Waals surface area contributed by atoms with E-state index in [-0.39, 0.29) is 11.9 Å². The predicted molar refractivity (Wildman–Crippen MR) is 103 cm³/mol. The van der Waals surface area contributed by atoms with Gasteiger partial charge in [-0.15, -0.1) is 0 Å². The van der Waals surface area contributed by atoms with Gasteiger partial charge < -0.3 is 30.6 Å². The number of guanidine groups is 1. The van der Waals surface area contributed by atoms with Crippen LogP contribution in [0.25, 0.3) is 0 Å². The first-order valence-electron chi connectivity index (χ1n) is 8.79. The highest BCUT2D eigenvalue weighted by Crippen LogP contribution is 2.40. The summed E-state index contributed by atoms with van der Waals surface area (Å²) in [5.74, 6) is 1.73. The second kappa shape index (κ2) is 9.31. The Labute approximate surface area is 159 Å². The third kappa shape index (κ3) is 4.94. The van der Waals surface area contributed by atoms with Crippen LogP contribution in [0, 0.1) is 0 Å². The highest BCUT2D eigenvalue weighted by Gasteiger charge is 2.26. The molecule has 4 N–H and O–H groups in total. The minimum atomic E-state index is -0.563. The molecule has 1 unspecified atom stereocenters. The third-order valence-electron chi connectivity index (χ3n) is 4.56. The number of nitrogens with zero attached hydrogens (tertiary/aromatic N) is 3. The van der Waals surface area contributed by atoms with Gasteiger partial charge in [0.1, 0.15) is 6.04 Å². The lowest BCUT2D eigenvalue weighted by Gasteiger charge is -2.35. The smallest absolute Gasteiger partial charge is 0.247 e. The van der Waals surface area contributed by atoms with E-state index in [9.17, 15) is 4.79 Å². The molecule has 1 saturated heterocycles. The highest BCUT2D eigenvalue weighted by atomic mass is 16.5. The van der Waals surface area contributed by atoms with Gasteiger partial charge in [-0.3, -0.25) is 9.69 Å². The van der Waals surface area contributed by atoms with E-state index in [1.807, 2.05) is 12.1 Å². The van der Waals surface area contributed by atoms with Crippen molar-refractivity contribution in [3.8, 4) is 17.2 Å². The number of ether oxygens (including phenoxy) is 3. The lowest BCUT2D eigenvalue weighted by atomic mass is 10.1. The number of hydrogen-bond donors (Lipinski definition) is 2. The van der Waals surface area contributed by atoms with Crippen molar-refractivity contribution in [2.24, 2.45) is 16.5 Å². The molecule has 0 aliphatic carbocycles. The first-order chi connectivity index (χ1) is 12.9. The van der Waals surface area contributed by atoms with Crippen LogP contribution in [0.2, 0.25) is 0 Å². The molecule has 9 nitrogen and oxygen atoms in total. The summed E-state index contributed by atoms with van der Waals surface area (Å²) >= 11 is 0. The first kappa shape index (κ1) is 20.6. The van der Waals surface area contributed by atoms with Crippen molar-refractivity contribution in [2.45, 2.75) is 19.5 Å². The maximum Gasteiger partial charge on any atom is 0.247 e. The number of amides is 1. The van der Waals surface area contributed by atoms with E-state index in [2.05, 4.69) is 9.89 Å². The Morgan fingerprint density at radius 2 is 1.70 bits per heavy atom. The van der Waals surface area contributed by atoms with Crippen LogP contribution in [0.5, 0.6) is 17.2 Å². The second-order valence-corrected chi connectivity index (χ2v) is 6.32. The maximum absolute atomic E-state index is 12.4. The summed E-state index contributed by atoms with van der Waals surface area (Å²) in [5, 5.41) is 0. The highest BCUT2D eigenvalue weighted by molar-refractivity contribution is 5.85. The zero-order valence-corrected chi connectivity index (χ0v) is 16.4. The molecule has 1 aliphatic rings. The molecule has 0 aromatic heterocycles. The number of aliphatic imine (C=N–C) groups is 1. The molecule has 2 rings (SSSR count). The topological polar surface area (TPSA) is 116 Å². The van der Waals surface area contributed by atoms with E-state index in [0.717, 1.165) is 18.7 Å². The lowest BCUT2D eigenvalue weighted by Crippen LogP contribution is -2.50. The van der Waals surface area contributed by atoms with Crippen molar-refractivity contribution in [3.63, 3.8) is 0 Å². The van der Waals surface area contributed by atoms with Crippen molar-refractivity contribution >= 4 is 11.9 Å². The van der Waals surface area contributed by atoms with Crippen molar-refractivity contribution in [2.75, 3.05) is 47.5 Å². The fourth-order valence-electron chi connectivity index (χ4n) is 3.20. The number of rotatable bonds is 7. The summed E-state index contributed by atoms with van der Waals surface area (Å²) in [7, 11) is 4.80. The molecule has 1 aromatic carbocycles. The van der Waals surface area contributed by atoms with E-state index in [4.69, 9.17) is 25.7 Å². The minimum absolute atomic E-state index is 0.0632. The minimum Gasteiger partial charge on any atom is -0.493 e. The largest absolute Gasteiger partial charge is 0.493 e. The van der Waals surface area contributed by atoms with Gasteiger partial charge in [-0.1, -0.05) is 6.07 Å². The van der Waals surface area contributed by atoms with Crippen LogP contribution < -0.4 is 25.7 Å². The summed E-state index contributed by atoms with van der Waals surface area (Å²) in [5.41, 5.74) is 11.7. The molecule has 0 radical (unpaired) electrons. The molecule has 1 heterocycles. The molecule has 150 valence electrons. The lowest BCUT2D eigenvalue weighted by molar-refractivity contribution is -0.133. The molecule has 1 aromatic rings. The quantitative estimate of drug-likeness (QED) is 0.507. The summed E-state index contributed by atoms with van der Waals surface area (Å²) in [6, 6.07) is 3.28. The van der Waals surface area contributed by atoms with Crippen molar-refractivity contribution in [1.82, 2.24) is 9.80 Å². The Bertz CT molecular complexity index is 683. The molecule has 1 amide bonds. The van der Waals surface area contributed by atoms with Crippen LogP contribution in [0.4, 0.5) is 0 Å². The number of piperazine rings is 1. The number of methoxy groups -OCH3 is 3. The average molecular weight is 379 g/mol. The van der Waals surface area contributed by atoms with Gasteiger partial charge in [0.2, 0.25) is 11.7 Å². The van der Waals surface area contributed by atoms with E-state index in [1.165, 1.54) is 0 Å². The molecule has 9 heteroatoms. The number of carbonyl (C=O) groups is 1. The van der Waals surface area contributed by atoms with Gasteiger partial charge in [-0.25, -0.2) is 4.99 Å². The predicted octanol–water partition coefficient (Wildman–Crippen LogP) is 0.0185.